The van der Waals surface area contributed by atoms with Gasteiger partial charge >= 0.3 is 0 Å². The van der Waals surface area contributed by atoms with Gasteiger partial charge in [0, 0.05) is 71.5 Å². The lowest BCUT2D eigenvalue weighted by Crippen LogP contribution is -2.31. The zero-order valence-electron chi connectivity index (χ0n) is 41.3. The number of Topliss-reactive ketones (excluding diaryl/α,β-unsaturated/α-hetero) is 2. The molecular weight excluding hydrogens is 857 g/mol. The van der Waals surface area contributed by atoms with Crippen molar-refractivity contribution in [3.05, 3.63) is 144 Å². The Hall–Kier alpha value is -4.18. The van der Waals surface area contributed by atoms with Gasteiger partial charge in [0.15, 0.2) is 0 Å². The number of rotatable bonds is 12. The number of β-amino-alcohol motifs (C(OH)–C–C–N with tert-alkyl or cyclic N) is 1. The van der Waals surface area contributed by atoms with Crippen LogP contribution in [0.15, 0.2) is 121 Å². The molecule has 0 aromatic heterocycles. The smallest absolute Gasteiger partial charge is 0.146 e. The van der Waals surface area contributed by atoms with E-state index in [4.69, 9.17) is 18.9 Å². The van der Waals surface area contributed by atoms with Crippen molar-refractivity contribution in [2.75, 3.05) is 80.5 Å². The topological polar surface area (TPSA) is 124 Å². The van der Waals surface area contributed by atoms with Gasteiger partial charge < -0.3 is 43.9 Å². The van der Waals surface area contributed by atoms with Gasteiger partial charge in [-0.3, -0.25) is 14.5 Å². The summed E-state index contributed by atoms with van der Waals surface area (Å²) < 4.78 is 23.5. The molecule has 4 aromatic carbocycles. The number of hydrogen-bond acceptors (Lipinski definition) is 12. The zero-order chi connectivity index (χ0) is 48.4. The predicted octanol–water partition coefficient (Wildman–Crippen LogP) is 7.05. The summed E-state index contributed by atoms with van der Waals surface area (Å²) in [5.41, 5.74) is 4.74. The molecule has 6 unspecified atom stereocenters. The van der Waals surface area contributed by atoms with Gasteiger partial charge in [-0.1, -0.05) is 121 Å². The summed E-state index contributed by atoms with van der Waals surface area (Å²) >= 11 is 0. The number of hydrogen-bond donors (Lipinski definition) is 2. The minimum absolute atomic E-state index is 0.0372. The van der Waals surface area contributed by atoms with Gasteiger partial charge in [-0.2, -0.15) is 0 Å². The highest BCUT2D eigenvalue weighted by Crippen LogP contribution is 2.18. The number of ether oxygens (including phenoxy) is 4. The van der Waals surface area contributed by atoms with Gasteiger partial charge in [-0.25, -0.2) is 0 Å². The maximum Gasteiger partial charge on any atom is 0.146 e. The van der Waals surface area contributed by atoms with Gasteiger partial charge in [-0.05, 0) is 76.1 Å². The van der Waals surface area contributed by atoms with Crippen molar-refractivity contribution in [1.29, 1.82) is 0 Å². The maximum atomic E-state index is 11.5. The first-order chi connectivity index (χ1) is 32.9. The number of likely N-dealkylation sites (N-methyl/N-ethyl adjacent to an activating group) is 4. The summed E-state index contributed by atoms with van der Waals surface area (Å²) in [6.07, 6.45) is 6.22. The Morgan fingerprint density at radius 2 is 0.853 bits per heavy atom. The molecule has 12 nitrogen and oxygen atoms in total. The predicted molar refractivity (Wildman–Crippen MR) is 269 cm³/mol. The molecule has 0 radical (unpaired) electrons. The Labute approximate surface area is 407 Å². The monoisotopic (exact) mass is 937 g/mol. The highest BCUT2D eigenvalue weighted by Gasteiger charge is 2.24. The molecule has 0 aliphatic carbocycles. The molecule has 0 bridgehead atoms. The van der Waals surface area contributed by atoms with Crippen LogP contribution in [0.4, 0.5) is 0 Å². The van der Waals surface area contributed by atoms with E-state index < -0.39 is 0 Å². The lowest BCUT2D eigenvalue weighted by molar-refractivity contribution is -0.121. The van der Waals surface area contributed by atoms with Crippen LogP contribution in [0.25, 0.3) is 0 Å². The van der Waals surface area contributed by atoms with E-state index in [-0.39, 0.29) is 36.6 Å². The number of ketones is 2. The third-order valence-corrected chi connectivity index (χ3v) is 12.5. The Kier molecular flexibility index (Phi) is 25.1. The van der Waals surface area contributed by atoms with E-state index in [1.165, 1.54) is 16.7 Å². The third kappa shape index (κ3) is 23.0. The van der Waals surface area contributed by atoms with Crippen molar-refractivity contribution >= 4 is 11.6 Å². The average Bonchev–Trinajstić information content (AvgIpc) is 3.78. The van der Waals surface area contributed by atoms with Gasteiger partial charge in [0.2, 0.25) is 0 Å². The molecule has 4 fully saturated rings. The van der Waals surface area contributed by atoms with Gasteiger partial charge in [0.05, 0.1) is 69.6 Å². The largest absolute Gasteiger partial charge is 0.393 e. The molecule has 4 saturated heterocycles. The van der Waals surface area contributed by atoms with E-state index in [9.17, 15) is 19.8 Å². The number of carbonyl (C=O) groups excluding carboxylic acids is 2. The van der Waals surface area contributed by atoms with Crippen LogP contribution in [-0.4, -0.2) is 159 Å². The quantitative estimate of drug-likeness (QED) is 0.151. The number of likely N-dealkylation sites (tertiary alicyclic amines) is 4. The fraction of sp³-hybridized carbons (Fsp3) is 0.536. The van der Waals surface area contributed by atoms with Gasteiger partial charge in [-0.15, -0.1) is 0 Å². The summed E-state index contributed by atoms with van der Waals surface area (Å²) in [6.45, 7) is 9.14. The summed E-state index contributed by atoms with van der Waals surface area (Å²) in [5.74, 6) is 0.630. The van der Waals surface area contributed by atoms with Gasteiger partial charge in [0.25, 0.3) is 0 Å². The first-order valence-corrected chi connectivity index (χ1v) is 24.7. The van der Waals surface area contributed by atoms with Crippen LogP contribution in [0.3, 0.4) is 0 Å². The van der Waals surface area contributed by atoms with Crippen molar-refractivity contribution in [3.8, 4) is 0 Å². The van der Waals surface area contributed by atoms with E-state index in [1.54, 1.807) is 0 Å². The molecule has 12 heteroatoms. The number of benzene rings is 4. The molecule has 372 valence electrons. The Morgan fingerprint density at radius 1 is 0.426 bits per heavy atom. The molecular formula is C56H80N4O8. The number of aliphatic hydroxyl groups is 2. The molecule has 4 aliphatic rings. The van der Waals surface area contributed by atoms with Crippen molar-refractivity contribution in [2.24, 2.45) is 0 Å². The fourth-order valence-electron chi connectivity index (χ4n) is 8.69. The summed E-state index contributed by atoms with van der Waals surface area (Å²) in [4.78, 5) is 31.5. The fourth-order valence-corrected chi connectivity index (χ4v) is 8.69. The van der Waals surface area contributed by atoms with Crippen LogP contribution < -0.4 is 0 Å². The first-order valence-electron chi connectivity index (χ1n) is 24.7. The summed E-state index contributed by atoms with van der Waals surface area (Å²) in [5, 5.41) is 19.4. The highest BCUT2D eigenvalue weighted by atomic mass is 16.5. The molecule has 68 heavy (non-hydrogen) atoms. The second kappa shape index (κ2) is 31.1. The number of nitrogens with zero attached hydrogens (tertiary/aromatic N) is 4. The molecule has 0 saturated carbocycles. The highest BCUT2D eigenvalue weighted by molar-refractivity contribution is 5.80. The van der Waals surface area contributed by atoms with E-state index in [0.29, 0.717) is 63.8 Å². The van der Waals surface area contributed by atoms with Crippen molar-refractivity contribution in [3.63, 3.8) is 0 Å². The number of aliphatic hydroxyl groups excluding tert-OH is 2. The molecule has 0 amide bonds. The summed E-state index contributed by atoms with van der Waals surface area (Å²) in [6, 6.07) is 40.7. The van der Waals surface area contributed by atoms with E-state index in [1.807, 2.05) is 111 Å². The third-order valence-electron chi connectivity index (χ3n) is 12.5. The molecule has 4 heterocycles. The average molecular weight is 937 g/mol. The van der Waals surface area contributed by atoms with Crippen LogP contribution in [0, 0.1) is 0 Å². The minimum Gasteiger partial charge on any atom is -0.393 e. The second-order valence-corrected chi connectivity index (χ2v) is 19.1. The summed E-state index contributed by atoms with van der Waals surface area (Å²) in [7, 11) is 8.13. The Balaban J connectivity index is 0.000000169. The van der Waals surface area contributed by atoms with Crippen LogP contribution in [-0.2, 0) is 55.0 Å². The van der Waals surface area contributed by atoms with Crippen LogP contribution in [0.2, 0.25) is 0 Å². The minimum atomic E-state index is -0.222. The molecule has 0 spiro atoms. The Bertz CT molecular complexity index is 1940. The van der Waals surface area contributed by atoms with E-state index in [2.05, 4.69) is 58.1 Å². The first kappa shape index (κ1) is 54.8. The van der Waals surface area contributed by atoms with Crippen molar-refractivity contribution < 1.29 is 38.7 Å². The molecule has 4 aliphatic heterocycles. The molecule has 6 atom stereocenters. The normalized spacial score (nSPS) is 24.6. The van der Waals surface area contributed by atoms with Crippen molar-refractivity contribution in [2.45, 2.75) is 114 Å². The van der Waals surface area contributed by atoms with Crippen LogP contribution in [0.5, 0.6) is 0 Å². The molecule has 4 aromatic rings. The molecule has 2 N–H and O–H groups in total. The lowest BCUT2D eigenvalue weighted by Gasteiger charge is -2.20. The van der Waals surface area contributed by atoms with Gasteiger partial charge in [0.1, 0.15) is 11.6 Å². The molecule has 8 rings (SSSR count). The zero-order valence-corrected chi connectivity index (χ0v) is 41.3. The van der Waals surface area contributed by atoms with Crippen molar-refractivity contribution in [1.82, 2.24) is 19.6 Å². The van der Waals surface area contributed by atoms with E-state index >= 15 is 0 Å². The maximum absolute atomic E-state index is 11.5. The van der Waals surface area contributed by atoms with E-state index in [0.717, 1.165) is 83.5 Å². The standard InChI is InChI=1S/C14H21NO2.C14H19NO2.C14H21NO2.C14H19NO2/c2*1-15-8-7-13(16)9-14(10-15)17-11-12-5-3-2-4-6-12;2*1-15-9-13(16)7-8-14(10-15)17-11-12-5-3-2-4-6-12/h2-6,13-14,16H,7-11H2,1H3;2-6,14H,7-11H2,1H3;2-6,13-14,16H,7-11H2,1H3;2-6,14H,7-11H2,1H3. The lowest BCUT2D eigenvalue weighted by atomic mass is 10.1. The Morgan fingerprint density at radius 3 is 1.38 bits per heavy atom. The van der Waals surface area contributed by atoms with Crippen LogP contribution in [0.1, 0.15) is 73.6 Å². The van der Waals surface area contributed by atoms with Crippen LogP contribution >= 0.6 is 0 Å². The number of carbonyl (C=O) groups is 2. The SMILES string of the molecule is CN1CC(=O)CCC(OCc2ccccc2)C1.CN1CC(O)CCC(OCc2ccccc2)C1.CN1CCC(=O)CC(OCc2ccccc2)C1.CN1CCC(O)CC(OCc2ccccc2)C1. The second-order valence-electron chi connectivity index (χ2n) is 19.1.